The van der Waals surface area contributed by atoms with Gasteiger partial charge in [-0.25, -0.2) is 4.98 Å². The van der Waals surface area contributed by atoms with Crippen LogP contribution >= 0.6 is 12.2 Å². The second-order valence-electron chi connectivity index (χ2n) is 6.22. The highest BCUT2D eigenvalue weighted by Gasteiger charge is 2.35. The van der Waals surface area contributed by atoms with E-state index in [9.17, 15) is 13.2 Å². The van der Waals surface area contributed by atoms with E-state index in [1.165, 1.54) is 0 Å². The van der Waals surface area contributed by atoms with Gasteiger partial charge in [0.05, 0.1) is 0 Å². The summed E-state index contributed by atoms with van der Waals surface area (Å²) in [6.07, 6.45) is -1.60. The summed E-state index contributed by atoms with van der Waals surface area (Å²) in [6.45, 7) is 6.43. The van der Waals surface area contributed by atoms with Crippen molar-refractivity contribution in [3.05, 3.63) is 11.8 Å². The lowest BCUT2D eigenvalue weighted by Crippen LogP contribution is -2.39. The molecule has 0 bridgehead atoms. The van der Waals surface area contributed by atoms with Crippen molar-refractivity contribution in [2.24, 2.45) is 0 Å². The summed E-state index contributed by atoms with van der Waals surface area (Å²) in [5.41, 5.74) is -0.972. The third kappa shape index (κ3) is 4.93. The number of alkyl halides is 3. The minimum absolute atomic E-state index is 0.0531. The van der Waals surface area contributed by atoms with Gasteiger partial charge >= 0.3 is 6.18 Å². The summed E-state index contributed by atoms with van der Waals surface area (Å²) in [7, 11) is 0. The normalized spacial score (nSPS) is 18.6. The standard InChI is InChI=1S/C15H22F3N5S/c1-9(2)19-14(24)22-13-20-11(15(16,17)18)8-12(21-13)23-7-5-4-6-10(23)3/h8-10H,4-7H2,1-3H3,(H2,19,20,21,22,24)/t10-/m1/s1. The number of anilines is 2. The molecule has 1 saturated heterocycles. The summed E-state index contributed by atoms with van der Waals surface area (Å²) < 4.78 is 39.5. The van der Waals surface area contributed by atoms with Crippen LogP contribution < -0.4 is 15.5 Å². The van der Waals surface area contributed by atoms with Gasteiger partial charge in [0, 0.05) is 24.7 Å². The Morgan fingerprint density at radius 1 is 1.33 bits per heavy atom. The first-order valence-electron chi connectivity index (χ1n) is 7.97. The lowest BCUT2D eigenvalue weighted by Gasteiger charge is -2.34. The minimum Gasteiger partial charge on any atom is -0.360 e. The molecule has 1 aromatic heterocycles. The Morgan fingerprint density at radius 3 is 2.62 bits per heavy atom. The molecule has 0 amide bonds. The second kappa shape index (κ2) is 7.50. The summed E-state index contributed by atoms with van der Waals surface area (Å²) >= 11 is 5.07. The number of hydrogen-bond donors (Lipinski definition) is 2. The van der Waals surface area contributed by atoms with Crippen LogP contribution in [-0.4, -0.2) is 33.7 Å². The van der Waals surface area contributed by atoms with Crippen LogP contribution in [0.3, 0.4) is 0 Å². The number of nitrogens with zero attached hydrogens (tertiary/aromatic N) is 3. The maximum absolute atomic E-state index is 13.2. The molecule has 0 spiro atoms. The Kier molecular flexibility index (Phi) is 5.84. The van der Waals surface area contributed by atoms with Crippen molar-refractivity contribution < 1.29 is 13.2 Å². The number of nitrogens with one attached hydrogen (secondary N) is 2. The largest absolute Gasteiger partial charge is 0.433 e. The van der Waals surface area contributed by atoms with Crippen molar-refractivity contribution in [1.29, 1.82) is 0 Å². The fraction of sp³-hybridized carbons (Fsp3) is 0.667. The number of hydrogen-bond acceptors (Lipinski definition) is 4. The van der Waals surface area contributed by atoms with Gasteiger partial charge in [0.15, 0.2) is 10.8 Å². The third-order valence-corrected chi connectivity index (χ3v) is 3.97. The number of halogens is 3. The SMILES string of the molecule is CC(C)NC(=S)Nc1nc(N2CCCC[C@H]2C)cc(C(F)(F)F)n1. The fourth-order valence-electron chi connectivity index (χ4n) is 2.62. The van der Waals surface area contributed by atoms with Crippen LogP contribution in [0, 0.1) is 0 Å². The van der Waals surface area contributed by atoms with E-state index < -0.39 is 11.9 Å². The van der Waals surface area contributed by atoms with Crippen molar-refractivity contribution >= 4 is 29.1 Å². The van der Waals surface area contributed by atoms with Gasteiger partial charge in [-0.1, -0.05) is 0 Å². The number of rotatable bonds is 3. The fourth-order valence-corrected chi connectivity index (χ4v) is 2.95. The Bertz CT molecular complexity index is 591. The molecular formula is C15H22F3N5S. The van der Waals surface area contributed by atoms with Gasteiger partial charge in [-0.15, -0.1) is 0 Å². The van der Waals surface area contributed by atoms with Gasteiger partial charge in [0.2, 0.25) is 5.95 Å². The molecular weight excluding hydrogens is 339 g/mol. The molecule has 1 aliphatic rings. The van der Waals surface area contributed by atoms with Crippen molar-refractivity contribution in [2.45, 2.75) is 58.3 Å². The highest BCUT2D eigenvalue weighted by atomic mass is 32.1. The molecule has 2 N–H and O–H groups in total. The van der Waals surface area contributed by atoms with E-state index in [1.54, 1.807) is 0 Å². The summed E-state index contributed by atoms with van der Waals surface area (Å²) in [6, 6.07) is 1.20. The van der Waals surface area contributed by atoms with Crippen LogP contribution in [0.25, 0.3) is 0 Å². The Balaban J connectivity index is 2.33. The smallest absolute Gasteiger partial charge is 0.360 e. The molecule has 24 heavy (non-hydrogen) atoms. The predicted molar refractivity (Wildman–Crippen MR) is 92.2 cm³/mol. The lowest BCUT2D eigenvalue weighted by molar-refractivity contribution is -0.141. The second-order valence-corrected chi connectivity index (χ2v) is 6.63. The molecule has 5 nitrogen and oxygen atoms in total. The van der Waals surface area contributed by atoms with Gasteiger partial charge in [-0.05, 0) is 52.3 Å². The first kappa shape index (κ1) is 18.7. The van der Waals surface area contributed by atoms with Crippen molar-refractivity contribution in [3.63, 3.8) is 0 Å². The van der Waals surface area contributed by atoms with Crippen molar-refractivity contribution in [1.82, 2.24) is 15.3 Å². The monoisotopic (exact) mass is 361 g/mol. The zero-order chi connectivity index (χ0) is 17.9. The van der Waals surface area contributed by atoms with Gasteiger partial charge < -0.3 is 15.5 Å². The van der Waals surface area contributed by atoms with E-state index in [-0.39, 0.29) is 29.0 Å². The molecule has 2 heterocycles. The number of piperidine rings is 1. The van der Waals surface area contributed by atoms with Crippen LogP contribution in [0.1, 0.15) is 45.7 Å². The maximum Gasteiger partial charge on any atom is 0.433 e. The molecule has 1 fully saturated rings. The van der Waals surface area contributed by atoms with Crippen LogP contribution in [0.15, 0.2) is 6.07 Å². The highest BCUT2D eigenvalue weighted by Crippen LogP contribution is 2.32. The molecule has 2 rings (SSSR count). The highest BCUT2D eigenvalue weighted by molar-refractivity contribution is 7.80. The minimum atomic E-state index is -4.54. The van der Waals surface area contributed by atoms with Gasteiger partial charge in [-0.3, -0.25) is 0 Å². The van der Waals surface area contributed by atoms with Gasteiger partial charge in [-0.2, -0.15) is 18.2 Å². The third-order valence-electron chi connectivity index (χ3n) is 3.75. The molecule has 1 atom stereocenters. The number of thiocarbonyl (C=S) groups is 1. The van der Waals surface area contributed by atoms with Crippen LogP contribution in [0.2, 0.25) is 0 Å². The van der Waals surface area contributed by atoms with E-state index in [4.69, 9.17) is 12.2 Å². The van der Waals surface area contributed by atoms with E-state index in [2.05, 4.69) is 20.6 Å². The van der Waals surface area contributed by atoms with E-state index in [0.29, 0.717) is 6.54 Å². The molecule has 0 aliphatic carbocycles. The lowest BCUT2D eigenvalue weighted by atomic mass is 10.0. The zero-order valence-electron chi connectivity index (χ0n) is 13.9. The first-order chi connectivity index (χ1) is 11.2. The summed E-state index contributed by atoms with van der Waals surface area (Å²) in [4.78, 5) is 9.71. The number of aromatic nitrogens is 2. The van der Waals surface area contributed by atoms with E-state index in [1.807, 2.05) is 25.7 Å². The topological polar surface area (TPSA) is 53.1 Å². The quantitative estimate of drug-likeness (QED) is 0.803. The Morgan fingerprint density at radius 2 is 2.04 bits per heavy atom. The van der Waals surface area contributed by atoms with Gasteiger partial charge in [0.25, 0.3) is 0 Å². The van der Waals surface area contributed by atoms with E-state index >= 15 is 0 Å². The molecule has 1 aromatic rings. The summed E-state index contributed by atoms with van der Waals surface area (Å²) in [5, 5.41) is 5.75. The Hall–Kier alpha value is -1.64. The first-order valence-corrected chi connectivity index (χ1v) is 8.38. The van der Waals surface area contributed by atoms with Crippen molar-refractivity contribution in [3.8, 4) is 0 Å². The van der Waals surface area contributed by atoms with Crippen LogP contribution in [-0.2, 0) is 6.18 Å². The molecule has 0 aromatic carbocycles. The van der Waals surface area contributed by atoms with Crippen LogP contribution in [0.5, 0.6) is 0 Å². The molecule has 9 heteroatoms. The summed E-state index contributed by atoms with van der Waals surface area (Å²) in [5.74, 6) is 0.134. The average molecular weight is 361 g/mol. The molecule has 1 aliphatic heterocycles. The maximum atomic E-state index is 13.2. The predicted octanol–water partition coefficient (Wildman–Crippen LogP) is 3.57. The average Bonchev–Trinajstić information content (AvgIpc) is 2.45. The zero-order valence-corrected chi connectivity index (χ0v) is 14.8. The molecule has 0 unspecified atom stereocenters. The molecule has 0 radical (unpaired) electrons. The molecule has 134 valence electrons. The van der Waals surface area contributed by atoms with Crippen molar-refractivity contribution in [2.75, 3.05) is 16.8 Å². The van der Waals surface area contributed by atoms with E-state index in [0.717, 1.165) is 25.3 Å². The van der Waals surface area contributed by atoms with Crippen LogP contribution in [0.4, 0.5) is 24.9 Å². The van der Waals surface area contributed by atoms with Gasteiger partial charge in [0.1, 0.15) is 5.82 Å². The Labute approximate surface area is 145 Å². The molecule has 0 saturated carbocycles.